The molecule has 0 saturated carbocycles. The summed E-state index contributed by atoms with van der Waals surface area (Å²) in [5.74, 6) is -0.0475. The van der Waals surface area contributed by atoms with Gasteiger partial charge in [0.1, 0.15) is 23.2 Å². The Labute approximate surface area is 174 Å². The van der Waals surface area contributed by atoms with E-state index in [1.807, 2.05) is 6.07 Å². The highest BCUT2D eigenvalue weighted by Gasteiger charge is 2.13. The third-order valence-electron chi connectivity index (χ3n) is 3.80. The fraction of sp³-hybridized carbons (Fsp3) is 0. The molecule has 1 amide bonds. The quantitative estimate of drug-likeness (QED) is 0.242. The number of nitrogens with one attached hydrogen (secondary N) is 1. The van der Waals surface area contributed by atoms with Crippen LogP contribution in [0.5, 0.6) is 0 Å². The van der Waals surface area contributed by atoms with Crippen molar-refractivity contribution in [2.75, 3.05) is 5.32 Å². The predicted octanol–water partition coefficient (Wildman–Crippen LogP) is 5.71. The fourth-order valence-corrected chi connectivity index (χ4v) is 2.72. The molecule has 0 spiro atoms. The van der Waals surface area contributed by atoms with Crippen LogP contribution >= 0.6 is 23.2 Å². The van der Waals surface area contributed by atoms with E-state index in [-0.39, 0.29) is 22.0 Å². The van der Waals surface area contributed by atoms with E-state index in [1.165, 1.54) is 36.4 Å². The van der Waals surface area contributed by atoms with E-state index in [2.05, 4.69) is 5.32 Å². The predicted molar refractivity (Wildman–Crippen MR) is 109 cm³/mol. The van der Waals surface area contributed by atoms with Gasteiger partial charge >= 0.3 is 0 Å². The summed E-state index contributed by atoms with van der Waals surface area (Å²) in [6.07, 6.45) is 1.27. The van der Waals surface area contributed by atoms with Crippen LogP contribution in [0, 0.1) is 21.4 Å². The number of rotatable bonds is 5. The number of nitriles is 1. The minimum absolute atomic E-state index is 0.0743. The molecule has 0 bridgehead atoms. The van der Waals surface area contributed by atoms with Crippen molar-refractivity contribution in [1.82, 2.24) is 0 Å². The SMILES string of the molecule is N#C/C(=C/c1ccc(-c2cccc([N+](=O)[O-])c2)o1)C(=O)Nc1ccc(Cl)c(Cl)c1. The molecule has 1 N–H and O–H groups in total. The Morgan fingerprint density at radius 2 is 1.93 bits per heavy atom. The van der Waals surface area contributed by atoms with Crippen molar-refractivity contribution in [3.8, 4) is 17.4 Å². The Bertz CT molecular complexity index is 1180. The summed E-state index contributed by atoms with van der Waals surface area (Å²) in [5.41, 5.74) is 0.602. The first-order valence-corrected chi connectivity index (χ1v) is 8.86. The zero-order chi connectivity index (χ0) is 21.0. The largest absolute Gasteiger partial charge is 0.457 e. The second-order valence-corrected chi connectivity index (χ2v) is 6.58. The van der Waals surface area contributed by atoms with Gasteiger partial charge in [-0.1, -0.05) is 35.3 Å². The number of hydrogen-bond donors (Lipinski definition) is 1. The number of non-ortho nitro benzene ring substituents is 1. The van der Waals surface area contributed by atoms with Gasteiger partial charge in [0.25, 0.3) is 11.6 Å². The maximum atomic E-state index is 12.3. The number of amides is 1. The molecule has 3 rings (SSSR count). The Morgan fingerprint density at radius 3 is 2.62 bits per heavy atom. The van der Waals surface area contributed by atoms with Crippen LogP contribution in [0.15, 0.2) is 64.6 Å². The number of carbonyl (C=O) groups excluding carboxylic acids is 1. The van der Waals surface area contributed by atoms with Gasteiger partial charge in [0.05, 0.1) is 15.0 Å². The monoisotopic (exact) mass is 427 g/mol. The molecule has 1 heterocycles. The summed E-state index contributed by atoms with van der Waals surface area (Å²) < 4.78 is 5.60. The lowest BCUT2D eigenvalue weighted by Gasteiger charge is -2.05. The highest BCUT2D eigenvalue weighted by molar-refractivity contribution is 6.42. The summed E-state index contributed by atoms with van der Waals surface area (Å²) in [7, 11) is 0. The zero-order valence-corrected chi connectivity index (χ0v) is 16.1. The minimum Gasteiger partial charge on any atom is -0.457 e. The number of halogens is 2. The van der Waals surface area contributed by atoms with E-state index < -0.39 is 10.8 Å². The Balaban J connectivity index is 1.82. The van der Waals surface area contributed by atoms with Crippen LogP contribution in [-0.4, -0.2) is 10.8 Å². The Hall–Kier alpha value is -3.60. The van der Waals surface area contributed by atoms with Crippen molar-refractivity contribution in [2.24, 2.45) is 0 Å². The number of nitrogens with zero attached hydrogens (tertiary/aromatic N) is 2. The van der Waals surface area contributed by atoms with Gasteiger partial charge in [-0.2, -0.15) is 5.26 Å². The smallest absolute Gasteiger partial charge is 0.270 e. The lowest BCUT2D eigenvalue weighted by atomic mass is 10.1. The number of furan rings is 1. The number of carbonyl (C=O) groups is 1. The van der Waals surface area contributed by atoms with E-state index in [0.717, 1.165) is 0 Å². The van der Waals surface area contributed by atoms with E-state index in [9.17, 15) is 20.2 Å². The summed E-state index contributed by atoms with van der Waals surface area (Å²) in [5, 5.41) is 23.4. The van der Waals surface area contributed by atoms with E-state index in [0.29, 0.717) is 22.0 Å². The van der Waals surface area contributed by atoms with Crippen LogP contribution in [0.3, 0.4) is 0 Å². The zero-order valence-electron chi connectivity index (χ0n) is 14.6. The number of nitro groups is 1. The molecule has 0 atom stereocenters. The average molecular weight is 428 g/mol. The maximum Gasteiger partial charge on any atom is 0.270 e. The molecular formula is C20H11Cl2N3O4. The summed E-state index contributed by atoms with van der Waals surface area (Å²) in [4.78, 5) is 22.7. The van der Waals surface area contributed by atoms with Crippen LogP contribution in [0.2, 0.25) is 10.0 Å². The van der Waals surface area contributed by atoms with Gasteiger partial charge in [-0.05, 0) is 30.3 Å². The molecule has 9 heteroatoms. The summed E-state index contributed by atoms with van der Waals surface area (Å²) in [6, 6.07) is 15.4. The van der Waals surface area contributed by atoms with E-state index in [4.69, 9.17) is 27.6 Å². The van der Waals surface area contributed by atoms with Crippen LogP contribution in [0.25, 0.3) is 17.4 Å². The molecule has 0 aliphatic rings. The molecule has 29 heavy (non-hydrogen) atoms. The maximum absolute atomic E-state index is 12.3. The first kappa shape index (κ1) is 20.1. The van der Waals surface area contributed by atoms with E-state index in [1.54, 1.807) is 24.3 Å². The van der Waals surface area contributed by atoms with Crippen LogP contribution in [0.1, 0.15) is 5.76 Å². The lowest BCUT2D eigenvalue weighted by molar-refractivity contribution is -0.384. The second kappa shape index (κ2) is 8.61. The molecule has 0 radical (unpaired) electrons. The fourth-order valence-electron chi connectivity index (χ4n) is 2.42. The summed E-state index contributed by atoms with van der Waals surface area (Å²) in [6.45, 7) is 0. The first-order valence-electron chi connectivity index (χ1n) is 8.10. The molecule has 1 aromatic heterocycles. The normalized spacial score (nSPS) is 11.0. The molecule has 0 aliphatic heterocycles. The minimum atomic E-state index is -0.654. The number of nitro benzene ring substituents is 1. The Morgan fingerprint density at radius 1 is 1.14 bits per heavy atom. The van der Waals surface area contributed by atoms with Crippen molar-refractivity contribution >= 4 is 46.6 Å². The van der Waals surface area contributed by atoms with Crippen LogP contribution < -0.4 is 5.32 Å². The average Bonchev–Trinajstić information content (AvgIpc) is 3.17. The molecule has 3 aromatic rings. The van der Waals surface area contributed by atoms with Gasteiger partial charge in [-0.15, -0.1) is 0 Å². The van der Waals surface area contributed by atoms with Crippen molar-refractivity contribution in [1.29, 1.82) is 5.26 Å². The molecule has 2 aromatic carbocycles. The Kier molecular flexibility index (Phi) is 5.98. The molecule has 144 valence electrons. The van der Waals surface area contributed by atoms with Crippen LogP contribution in [-0.2, 0) is 4.79 Å². The van der Waals surface area contributed by atoms with E-state index >= 15 is 0 Å². The van der Waals surface area contributed by atoms with Gasteiger partial charge in [-0.25, -0.2) is 0 Å². The van der Waals surface area contributed by atoms with Gasteiger partial charge in [-0.3, -0.25) is 14.9 Å². The van der Waals surface area contributed by atoms with Crippen molar-refractivity contribution in [2.45, 2.75) is 0 Å². The van der Waals surface area contributed by atoms with Crippen molar-refractivity contribution in [3.63, 3.8) is 0 Å². The molecule has 0 aliphatic carbocycles. The highest BCUT2D eigenvalue weighted by Crippen LogP contribution is 2.27. The number of anilines is 1. The lowest BCUT2D eigenvalue weighted by Crippen LogP contribution is -2.13. The summed E-state index contributed by atoms with van der Waals surface area (Å²) >= 11 is 11.7. The molecule has 0 unspecified atom stereocenters. The third kappa shape index (κ3) is 4.82. The molecular weight excluding hydrogens is 417 g/mol. The van der Waals surface area contributed by atoms with Crippen LogP contribution in [0.4, 0.5) is 11.4 Å². The van der Waals surface area contributed by atoms with Gasteiger partial charge in [0.2, 0.25) is 0 Å². The second-order valence-electron chi connectivity index (χ2n) is 5.76. The van der Waals surface area contributed by atoms with Gasteiger partial charge in [0.15, 0.2) is 0 Å². The molecule has 0 fully saturated rings. The van der Waals surface area contributed by atoms with Gasteiger partial charge < -0.3 is 9.73 Å². The molecule has 0 saturated heterocycles. The van der Waals surface area contributed by atoms with Gasteiger partial charge in [0, 0.05) is 29.5 Å². The van der Waals surface area contributed by atoms with Crippen molar-refractivity contribution < 1.29 is 14.1 Å². The molecule has 7 nitrogen and oxygen atoms in total. The number of hydrogen-bond acceptors (Lipinski definition) is 5. The first-order chi connectivity index (χ1) is 13.9. The van der Waals surface area contributed by atoms with Crippen molar-refractivity contribution in [3.05, 3.63) is 86.1 Å². The highest BCUT2D eigenvalue weighted by atomic mass is 35.5. The standard InChI is InChI=1S/C20H11Cl2N3O4/c21-17-6-4-14(10-18(17)22)24-20(26)13(11-23)9-16-5-7-19(29-16)12-2-1-3-15(8-12)25(27)28/h1-10H,(H,24,26)/b13-9-. The number of benzene rings is 2. The topological polar surface area (TPSA) is 109 Å². The third-order valence-corrected chi connectivity index (χ3v) is 4.54.